The molecule has 0 aliphatic heterocycles. The van der Waals surface area contributed by atoms with Gasteiger partial charge in [0.25, 0.3) is 5.91 Å². The minimum atomic E-state index is -0.241. The monoisotopic (exact) mass is 327 g/mol. The van der Waals surface area contributed by atoms with Crippen LogP contribution in [0.15, 0.2) is 46.4 Å². The Morgan fingerprint density at radius 2 is 2.13 bits per heavy atom. The van der Waals surface area contributed by atoms with E-state index in [1.165, 1.54) is 5.56 Å². The Bertz CT molecular complexity index is 764. The number of hydrogen-bond donors (Lipinski definition) is 1. The van der Waals surface area contributed by atoms with Gasteiger partial charge in [-0.3, -0.25) is 4.79 Å². The number of rotatable bonds is 6. The summed E-state index contributed by atoms with van der Waals surface area (Å²) in [5.74, 6) is -0.00942. The lowest BCUT2D eigenvalue weighted by molar-refractivity contribution is 0.0916. The van der Waals surface area contributed by atoms with Crippen LogP contribution in [0, 0.1) is 6.92 Å². The maximum Gasteiger partial charge on any atom is 0.289 e. The summed E-state index contributed by atoms with van der Waals surface area (Å²) >= 11 is 1.63. The zero-order valence-corrected chi connectivity index (χ0v) is 13.6. The maximum absolute atomic E-state index is 12.0. The Kier molecular flexibility index (Phi) is 4.83. The van der Waals surface area contributed by atoms with Crippen molar-refractivity contribution in [1.82, 2.24) is 15.5 Å². The molecule has 2 heterocycles. The fraction of sp³-hybridized carbons (Fsp3) is 0.235. The summed E-state index contributed by atoms with van der Waals surface area (Å²) in [7, 11) is 0. The molecule has 23 heavy (non-hydrogen) atoms. The van der Waals surface area contributed by atoms with Gasteiger partial charge in [0.15, 0.2) is 0 Å². The van der Waals surface area contributed by atoms with Gasteiger partial charge < -0.3 is 9.84 Å². The summed E-state index contributed by atoms with van der Waals surface area (Å²) in [6.45, 7) is 2.61. The number of benzene rings is 1. The summed E-state index contributed by atoms with van der Waals surface area (Å²) in [6.07, 6.45) is 3.50. The first kappa shape index (κ1) is 15.4. The number of hydrogen-bond acceptors (Lipinski definition) is 5. The van der Waals surface area contributed by atoms with Gasteiger partial charge in [-0.15, -0.1) is 11.3 Å². The number of aryl methyl sites for hydroxylation is 2. The van der Waals surface area contributed by atoms with Gasteiger partial charge >= 0.3 is 0 Å². The predicted octanol–water partition coefficient (Wildman–Crippen LogP) is 3.47. The van der Waals surface area contributed by atoms with Gasteiger partial charge in [0, 0.05) is 36.2 Å². The normalized spacial score (nSPS) is 10.7. The fourth-order valence-electron chi connectivity index (χ4n) is 2.15. The number of amides is 1. The molecule has 5 nitrogen and oxygen atoms in total. The number of nitrogens with one attached hydrogen (secondary N) is 1. The number of nitrogens with zero attached hydrogens (tertiary/aromatic N) is 2. The number of thiazole rings is 1. The van der Waals surface area contributed by atoms with E-state index in [0.29, 0.717) is 12.2 Å². The van der Waals surface area contributed by atoms with Crippen molar-refractivity contribution in [2.75, 3.05) is 6.54 Å². The molecule has 0 bridgehead atoms. The Balaban J connectivity index is 1.52. The summed E-state index contributed by atoms with van der Waals surface area (Å²) in [6, 6.07) is 9.59. The number of carbonyl (C=O) groups excluding carboxylic acids is 1. The van der Waals surface area contributed by atoms with E-state index >= 15 is 0 Å². The van der Waals surface area contributed by atoms with Crippen molar-refractivity contribution >= 4 is 17.2 Å². The van der Waals surface area contributed by atoms with E-state index in [4.69, 9.17) is 4.52 Å². The summed E-state index contributed by atoms with van der Waals surface area (Å²) < 4.78 is 5.14. The summed E-state index contributed by atoms with van der Waals surface area (Å²) in [5.41, 5.74) is 2.77. The van der Waals surface area contributed by atoms with Gasteiger partial charge in [-0.1, -0.05) is 35.0 Å². The van der Waals surface area contributed by atoms with Crippen molar-refractivity contribution in [3.63, 3.8) is 0 Å². The lowest BCUT2D eigenvalue weighted by Crippen LogP contribution is -2.24. The smallest absolute Gasteiger partial charge is 0.289 e. The predicted molar refractivity (Wildman–Crippen MR) is 89.4 cm³/mol. The van der Waals surface area contributed by atoms with Crippen LogP contribution >= 0.6 is 11.3 Å². The Morgan fingerprint density at radius 3 is 2.87 bits per heavy atom. The highest BCUT2D eigenvalue weighted by molar-refractivity contribution is 7.09. The zero-order chi connectivity index (χ0) is 16.1. The van der Waals surface area contributed by atoms with Crippen molar-refractivity contribution in [3.8, 4) is 11.3 Å². The standard InChI is InChI=1S/C17H17N3O2S/c1-12-4-6-13(7-5-12)14-11-15(22-20-14)17(21)19-8-2-3-16-18-9-10-23-16/h4-7,9-11H,2-3,8H2,1H3,(H,19,21). The Morgan fingerprint density at radius 1 is 1.30 bits per heavy atom. The molecular weight excluding hydrogens is 310 g/mol. The SMILES string of the molecule is Cc1ccc(-c2cc(C(=O)NCCCc3nccs3)on2)cc1. The molecule has 1 N–H and O–H groups in total. The second-order valence-corrected chi connectivity index (χ2v) is 6.21. The average molecular weight is 327 g/mol. The lowest BCUT2D eigenvalue weighted by atomic mass is 10.1. The first-order valence-electron chi connectivity index (χ1n) is 7.43. The van der Waals surface area contributed by atoms with Crippen molar-refractivity contribution in [2.24, 2.45) is 0 Å². The molecule has 1 amide bonds. The molecule has 1 aromatic carbocycles. The Labute approximate surface area is 138 Å². The van der Waals surface area contributed by atoms with Gasteiger partial charge in [-0.25, -0.2) is 4.98 Å². The molecule has 0 spiro atoms. The molecule has 118 valence electrons. The van der Waals surface area contributed by atoms with Crippen molar-refractivity contribution < 1.29 is 9.32 Å². The summed E-state index contributed by atoms with van der Waals surface area (Å²) in [4.78, 5) is 16.3. The molecular formula is C17H17N3O2S. The molecule has 2 aromatic heterocycles. The second-order valence-electron chi connectivity index (χ2n) is 5.23. The highest BCUT2D eigenvalue weighted by atomic mass is 32.1. The molecule has 0 saturated carbocycles. The third kappa shape index (κ3) is 4.04. The van der Waals surface area contributed by atoms with Crippen LogP contribution < -0.4 is 5.32 Å². The average Bonchev–Trinajstić information content (AvgIpc) is 3.24. The van der Waals surface area contributed by atoms with Gasteiger partial charge in [0.2, 0.25) is 5.76 Å². The van der Waals surface area contributed by atoms with Gasteiger partial charge in [-0.2, -0.15) is 0 Å². The largest absolute Gasteiger partial charge is 0.350 e. The topological polar surface area (TPSA) is 68.0 Å². The molecule has 3 rings (SSSR count). The zero-order valence-electron chi connectivity index (χ0n) is 12.8. The highest BCUT2D eigenvalue weighted by Gasteiger charge is 2.13. The van der Waals surface area contributed by atoms with Crippen molar-refractivity contribution in [1.29, 1.82) is 0 Å². The summed E-state index contributed by atoms with van der Waals surface area (Å²) in [5, 5.41) is 9.84. The van der Waals surface area contributed by atoms with Gasteiger partial charge in [-0.05, 0) is 13.3 Å². The molecule has 0 saturated heterocycles. The molecule has 0 unspecified atom stereocenters. The van der Waals surface area contributed by atoms with Crippen LogP contribution in [0.4, 0.5) is 0 Å². The van der Waals surface area contributed by atoms with E-state index in [1.807, 2.05) is 36.6 Å². The molecule has 0 atom stereocenters. The quantitative estimate of drug-likeness (QED) is 0.704. The van der Waals surface area contributed by atoms with Crippen LogP contribution in [0.2, 0.25) is 0 Å². The second kappa shape index (κ2) is 7.19. The Hall–Kier alpha value is -2.47. The number of carbonyl (C=O) groups is 1. The van der Waals surface area contributed by atoms with E-state index in [0.717, 1.165) is 23.4 Å². The van der Waals surface area contributed by atoms with Crippen molar-refractivity contribution in [2.45, 2.75) is 19.8 Å². The van der Waals surface area contributed by atoms with E-state index in [-0.39, 0.29) is 11.7 Å². The molecule has 0 aliphatic rings. The molecule has 0 aliphatic carbocycles. The van der Waals surface area contributed by atoms with E-state index in [9.17, 15) is 4.79 Å². The minimum absolute atomic E-state index is 0.231. The van der Waals surface area contributed by atoms with Crippen LogP contribution in [0.5, 0.6) is 0 Å². The van der Waals surface area contributed by atoms with Crippen LogP contribution in [0.3, 0.4) is 0 Å². The number of aromatic nitrogens is 2. The van der Waals surface area contributed by atoms with E-state index in [1.54, 1.807) is 23.6 Å². The van der Waals surface area contributed by atoms with E-state index in [2.05, 4.69) is 15.5 Å². The van der Waals surface area contributed by atoms with Crippen molar-refractivity contribution in [3.05, 3.63) is 58.2 Å². The maximum atomic E-state index is 12.0. The third-order valence-electron chi connectivity index (χ3n) is 3.42. The fourth-order valence-corrected chi connectivity index (χ4v) is 2.81. The van der Waals surface area contributed by atoms with Crippen LogP contribution in [-0.4, -0.2) is 22.6 Å². The lowest BCUT2D eigenvalue weighted by Gasteiger charge is -2.00. The van der Waals surface area contributed by atoms with Gasteiger partial charge in [0.05, 0.1) is 5.01 Å². The van der Waals surface area contributed by atoms with Gasteiger partial charge in [0.1, 0.15) is 5.69 Å². The molecule has 3 aromatic rings. The minimum Gasteiger partial charge on any atom is -0.350 e. The van der Waals surface area contributed by atoms with E-state index < -0.39 is 0 Å². The molecule has 0 radical (unpaired) electrons. The van der Waals surface area contributed by atoms with Crippen LogP contribution in [-0.2, 0) is 6.42 Å². The molecule has 6 heteroatoms. The molecule has 0 fully saturated rings. The first-order valence-corrected chi connectivity index (χ1v) is 8.30. The first-order chi connectivity index (χ1) is 11.2. The third-order valence-corrected chi connectivity index (χ3v) is 4.26. The van der Waals surface area contributed by atoms with Crippen LogP contribution in [0.1, 0.15) is 27.5 Å². The van der Waals surface area contributed by atoms with Crippen LogP contribution in [0.25, 0.3) is 11.3 Å². The highest BCUT2D eigenvalue weighted by Crippen LogP contribution is 2.19.